The van der Waals surface area contributed by atoms with Crippen molar-refractivity contribution in [1.82, 2.24) is 4.90 Å². The molecule has 2 amide bonds. The van der Waals surface area contributed by atoms with Gasteiger partial charge in [0, 0.05) is 5.75 Å². The summed E-state index contributed by atoms with van der Waals surface area (Å²) in [7, 11) is 0. The van der Waals surface area contributed by atoms with E-state index in [1.54, 1.807) is 21.2 Å². The highest BCUT2D eigenvalue weighted by Crippen LogP contribution is 2.25. The summed E-state index contributed by atoms with van der Waals surface area (Å²) in [5, 5.41) is 0.845. The molecular weight excluding hydrogens is 212 g/mol. The van der Waals surface area contributed by atoms with Crippen molar-refractivity contribution in [3.8, 4) is 0 Å². The summed E-state index contributed by atoms with van der Waals surface area (Å²) in [6.45, 7) is 5.24. The van der Waals surface area contributed by atoms with Gasteiger partial charge in [0.2, 0.25) is 0 Å². The Labute approximate surface area is 93.3 Å². The normalized spacial score (nSPS) is 26.3. The average Bonchev–Trinajstić information content (AvgIpc) is 2.68. The first-order valence-electron chi connectivity index (χ1n) is 5.33. The summed E-state index contributed by atoms with van der Waals surface area (Å²) in [4.78, 5) is 25.7. The van der Waals surface area contributed by atoms with Crippen LogP contribution in [0.2, 0.25) is 0 Å². The fourth-order valence-electron chi connectivity index (χ4n) is 2.05. The van der Waals surface area contributed by atoms with Crippen molar-refractivity contribution >= 4 is 28.7 Å². The van der Waals surface area contributed by atoms with Crippen LogP contribution >= 0.6 is 11.8 Å². The molecule has 0 aromatic rings. The van der Waals surface area contributed by atoms with Crippen molar-refractivity contribution in [3.05, 3.63) is 0 Å². The maximum Gasteiger partial charge on any atom is 0.325 e. The van der Waals surface area contributed by atoms with Crippen LogP contribution in [-0.2, 0) is 9.59 Å². The van der Waals surface area contributed by atoms with Crippen LogP contribution in [-0.4, -0.2) is 45.3 Å². The van der Waals surface area contributed by atoms with Crippen LogP contribution < -0.4 is 0 Å². The van der Waals surface area contributed by atoms with E-state index >= 15 is 0 Å². The third-order valence-corrected chi connectivity index (χ3v) is 3.95. The minimum atomic E-state index is -0.451. The molecule has 0 aromatic carbocycles. The lowest BCUT2D eigenvalue weighted by molar-refractivity contribution is -0.449. The summed E-state index contributed by atoms with van der Waals surface area (Å²) < 4.78 is 1.77. The molecule has 15 heavy (non-hydrogen) atoms. The van der Waals surface area contributed by atoms with Gasteiger partial charge in [-0.3, -0.25) is 0 Å². The van der Waals surface area contributed by atoms with Crippen molar-refractivity contribution < 1.29 is 14.2 Å². The van der Waals surface area contributed by atoms with Gasteiger partial charge >= 0.3 is 17.0 Å². The van der Waals surface area contributed by atoms with E-state index in [-0.39, 0.29) is 11.8 Å². The number of hydrogen-bond donors (Lipinski definition) is 0. The summed E-state index contributed by atoms with van der Waals surface area (Å²) >= 11 is 1.61. The highest BCUT2D eigenvalue weighted by Gasteiger charge is 2.48. The van der Waals surface area contributed by atoms with Gasteiger partial charge in [-0.05, 0) is 25.1 Å². The third kappa shape index (κ3) is 1.49. The van der Waals surface area contributed by atoms with Crippen LogP contribution in [0.25, 0.3) is 0 Å². The number of hydrogen-bond acceptors (Lipinski definition) is 3. The Morgan fingerprint density at radius 3 is 2.80 bits per heavy atom. The fourth-order valence-corrected chi connectivity index (χ4v) is 3.21. The maximum atomic E-state index is 12.0. The van der Waals surface area contributed by atoms with Crippen molar-refractivity contribution in [3.63, 3.8) is 0 Å². The summed E-state index contributed by atoms with van der Waals surface area (Å²) in [6.07, 6.45) is 0.600. The largest absolute Gasteiger partial charge is 0.325 e. The zero-order valence-corrected chi connectivity index (χ0v) is 9.84. The van der Waals surface area contributed by atoms with Gasteiger partial charge in [0.1, 0.15) is 6.54 Å². The predicted molar refractivity (Wildman–Crippen MR) is 58.8 cm³/mol. The van der Waals surface area contributed by atoms with E-state index in [0.717, 1.165) is 17.5 Å². The highest BCUT2D eigenvalue weighted by molar-refractivity contribution is 8.13. The second-order valence-electron chi connectivity index (χ2n) is 3.66. The lowest BCUT2D eigenvalue weighted by Gasteiger charge is -2.23. The van der Waals surface area contributed by atoms with Gasteiger partial charge in [-0.2, -0.15) is 9.48 Å². The zero-order chi connectivity index (χ0) is 11.0. The molecule has 4 nitrogen and oxygen atoms in total. The number of carbonyl (C=O) groups is 2. The lowest BCUT2D eigenvalue weighted by Crippen LogP contribution is -2.52. The van der Waals surface area contributed by atoms with E-state index in [0.29, 0.717) is 13.0 Å². The van der Waals surface area contributed by atoms with Crippen LogP contribution in [0.4, 0.5) is 0 Å². The zero-order valence-electron chi connectivity index (χ0n) is 9.02. The maximum absolute atomic E-state index is 12.0. The smallest absolute Gasteiger partial charge is 0.246 e. The van der Waals surface area contributed by atoms with Gasteiger partial charge in [0.25, 0.3) is 0 Å². The van der Waals surface area contributed by atoms with Gasteiger partial charge in [-0.15, -0.1) is 0 Å². The van der Waals surface area contributed by atoms with E-state index in [9.17, 15) is 9.59 Å². The van der Waals surface area contributed by atoms with Crippen LogP contribution in [0, 0.1) is 5.92 Å². The van der Waals surface area contributed by atoms with E-state index in [1.165, 1.54) is 0 Å². The molecule has 1 unspecified atom stereocenters. The molecule has 2 heterocycles. The molecule has 2 aliphatic heterocycles. The van der Waals surface area contributed by atoms with Crippen LogP contribution in [0.1, 0.15) is 20.3 Å². The Morgan fingerprint density at radius 1 is 1.47 bits per heavy atom. The Kier molecular flexibility index (Phi) is 2.82. The molecule has 5 heteroatoms. The number of rotatable bonds is 2. The quantitative estimate of drug-likeness (QED) is 0.510. The van der Waals surface area contributed by atoms with E-state index in [1.807, 2.05) is 13.8 Å². The molecule has 0 radical (unpaired) electrons. The van der Waals surface area contributed by atoms with Crippen LogP contribution in [0.5, 0.6) is 0 Å². The Hall–Kier alpha value is -0.840. The topological polar surface area (TPSA) is 40.4 Å². The van der Waals surface area contributed by atoms with Crippen molar-refractivity contribution in [2.45, 2.75) is 20.3 Å². The van der Waals surface area contributed by atoms with Gasteiger partial charge < -0.3 is 0 Å². The second kappa shape index (κ2) is 3.96. The third-order valence-electron chi connectivity index (χ3n) is 2.86. The molecule has 0 aromatic heterocycles. The highest BCUT2D eigenvalue weighted by atomic mass is 32.2. The molecule has 0 bridgehead atoms. The van der Waals surface area contributed by atoms with Crippen LogP contribution in [0.3, 0.4) is 0 Å². The van der Waals surface area contributed by atoms with Crippen molar-refractivity contribution in [2.75, 3.05) is 18.8 Å². The SMILES string of the molecule is CCC1C(=O)N(CC)C2=[N+](CCS2)C1=O. The van der Waals surface area contributed by atoms with Crippen LogP contribution in [0.15, 0.2) is 0 Å². The molecule has 0 spiro atoms. The first kappa shape index (κ1) is 10.7. The van der Waals surface area contributed by atoms with E-state index < -0.39 is 5.92 Å². The summed E-state index contributed by atoms with van der Waals surface area (Å²) in [6, 6.07) is 0. The van der Waals surface area contributed by atoms with Gasteiger partial charge in [0.05, 0.1) is 6.54 Å². The second-order valence-corrected chi connectivity index (χ2v) is 4.73. The first-order chi connectivity index (χ1) is 7.20. The first-order valence-corrected chi connectivity index (χ1v) is 6.31. The summed E-state index contributed by atoms with van der Waals surface area (Å²) in [5.41, 5.74) is 0. The fraction of sp³-hybridized carbons (Fsp3) is 0.700. The predicted octanol–water partition coefficient (Wildman–Crippen LogP) is 0.517. The molecule has 0 fully saturated rings. The summed E-state index contributed by atoms with van der Waals surface area (Å²) in [5.74, 6) is 0.423. The van der Waals surface area contributed by atoms with Gasteiger partial charge in [-0.25, -0.2) is 9.59 Å². The molecule has 2 rings (SSSR count). The van der Waals surface area contributed by atoms with E-state index in [2.05, 4.69) is 0 Å². The van der Waals surface area contributed by atoms with Crippen molar-refractivity contribution in [2.24, 2.45) is 5.92 Å². The lowest BCUT2D eigenvalue weighted by atomic mass is 10.0. The molecular formula is C10H15N2O2S+. The standard InChI is InChI=1S/C10H15N2O2S/c1-3-7-8(13)11(4-2)10-12(9(7)14)5-6-15-10/h7H,3-6H2,1-2H3/q+1. The number of amidine groups is 1. The molecule has 2 aliphatic rings. The molecule has 82 valence electrons. The monoisotopic (exact) mass is 227 g/mol. The Bertz CT molecular complexity index is 351. The Balaban J connectivity index is 2.42. The van der Waals surface area contributed by atoms with Gasteiger partial charge in [0.15, 0.2) is 5.92 Å². The molecule has 0 saturated carbocycles. The minimum Gasteiger partial charge on any atom is -0.246 e. The van der Waals surface area contributed by atoms with Gasteiger partial charge in [-0.1, -0.05) is 6.92 Å². The van der Waals surface area contributed by atoms with E-state index in [4.69, 9.17) is 0 Å². The Morgan fingerprint density at radius 2 is 2.20 bits per heavy atom. The number of nitrogens with zero attached hydrogens (tertiary/aromatic N) is 2. The average molecular weight is 227 g/mol. The minimum absolute atomic E-state index is 0.00722. The molecule has 0 saturated heterocycles. The number of amides is 2. The molecule has 0 N–H and O–H groups in total. The number of carbonyl (C=O) groups excluding carboxylic acids is 2. The number of thioether (sulfide) groups is 1. The molecule has 1 atom stereocenters. The van der Waals surface area contributed by atoms with Crippen molar-refractivity contribution in [1.29, 1.82) is 0 Å². The molecule has 0 aliphatic carbocycles.